The summed E-state index contributed by atoms with van der Waals surface area (Å²) in [6.07, 6.45) is 0.353. The molecule has 3 amide bonds. The summed E-state index contributed by atoms with van der Waals surface area (Å²) < 4.78 is 41.7. The van der Waals surface area contributed by atoms with Crippen LogP contribution in [-0.2, 0) is 15.0 Å². The number of nitrogens with zero attached hydrogens (tertiary/aromatic N) is 3. The van der Waals surface area contributed by atoms with E-state index in [1.54, 1.807) is 24.3 Å². The number of halogens is 3. The molecule has 5 rings (SSSR count). The summed E-state index contributed by atoms with van der Waals surface area (Å²) in [6.45, 7) is 3.71. The van der Waals surface area contributed by atoms with Gasteiger partial charge < -0.3 is 20.1 Å². The number of hydrogen-bond donors (Lipinski definition) is 2. The van der Waals surface area contributed by atoms with Crippen LogP contribution in [0.1, 0.15) is 42.7 Å². The van der Waals surface area contributed by atoms with Crippen LogP contribution in [0.5, 0.6) is 0 Å². The molecule has 2 N–H and O–H groups in total. The third-order valence-corrected chi connectivity index (χ3v) is 7.67. The number of aromatic nitrogens is 1. The highest BCUT2D eigenvalue weighted by atomic mass is 19.2. The summed E-state index contributed by atoms with van der Waals surface area (Å²) >= 11 is 0. The van der Waals surface area contributed by atoms with E-state index in [0.29, 0.717) is 5.69 Å². The summed E-state index contributed by atoms with van der Waals surface area (Å²) in [6, 6.07) is 9.35. The Bertz CT molecular complexity index is 1560. The summed E-state index contributed by atoms with van der Waals surface area (Å²) in [4.78, 5) is 45.6. The number of aromatic amines is 1. The van der Waals surface area contributed by atoms with Crippen molar-refractivity contribution < 1.29 is 27.6 Å². The van der Waals surface area contributed by atoms with Crippen molar-refractivity contribution >= 4 is 34.3 Å². The maximum absolute atomic E-state index is 14.3. The number of H-pyrrole nitrogens is 1. The van der Waals surface area contributed by atoms with Crippen LogP contribution in [0.15, 0.2) is 36.4 Å². The molecule has 0 unspecified atom stereocenters. The molecule has 1 aromatic heterocycles. The molecule has 3 heterocycles. The van der Waals surface area contributed by atoms with Crippen molar-refractivity contribution in [2.45, 2.75) is 44.2 Å². The van der Waals surface area contributed by atoms with E-state index >= 15 is 0 Å². The van der Waals surface area contributed by atoms with Gasteiger partial charge in [0.25, 0.3) is 5.91 Å². The van der Waals surface area contributed by atoms with Crippen molar-refractivity contribution in [1.29, 1.82) is 5.26 Å². The van der Waals surface area contributed by atoms with E-state index in [2.05, 4.69) is 16.4 Å². The maximum atomic E-state index is 14.3. The van der Waals surface area contributed by atoms with Crippen LogP contribution < -0.4 is 5.32 Å². The lowest BCUT2D eigenvalue weighted by atomic mass is 9.80. The molecule has 3 atom stereocenters. The summed E-state index contributed by atoms with van der Waals surface area (Å²) in [7, 11) is 1.40. The zero-order valence-electron chi connectivity index (χ0n) is 21.5. The molecule has 1 fully saturated rings. The Morgan fingerprint density at radius 2 is 1.92 bits per heavy atom. The second-order valence-electron chi connectivity index (χ2n) is 10.6. The fraction of sp³-hybridized carbons (Fsp3) is 0.357. The number of nitriles is 1. The fourth-order valence-electron chi connectivity index (χ4n) is 5.68. The second-order valence-corrected chi connectivity index (χ2v) is 10.6. The molecule has 1 saturated heterocycles. The molecule has 0 saturated carbocycles. The fourth-order valence-corrected chi connectivity index (χ4v) is 5.68. The van der Waals surface area contributed by atoms with Gasteiger partial charge in [0.2, 0.25) is 11.8 Å². The zero-order chi connectivity index (χ0) is 28.2. The number of likely N-dealkylation sites (tertiary alicyclic amines) is 1. The molecule has 1 spiro atoms. The van der Waals surface area contributed by atoms with Gasteiger partial charge in [0.1, 0.15) is 17.8 Å². The molecule has 202 valence electrons. The van der Waals surface area contributed by atoms with Crippen molar-refractivity contribution in [3.8, 4) is 6.07 Å². The van der Waals surface area contributed by atoms with Crippen LogP contribution in [0, 0.1) is 34.7 Å². The average molecular weight is 538 g/mol. The number of nitrogens with one attached hydrogen (secondary N) is 2. The predicted octanol–water partition coefficient (Wildman–Crippen LogP) is 4.09. The smallest absolute Gasteiger partial charge is 0.270 e. The summed E-state index contributed by atoms with van der Waals surface area (Å²) in [5.74, 6) is -6.02. The van der Waals surface area contributed by atoms with Gasteiger partial charge in [0, 0.05) is 31.1 Å². The SMILES string of the molecule is CC(C)C[C@@H](C(=O)N1C[C@]2(C[C@H]1C#N)C(=O)Nc1ccccc12)N(C)C(=O)c1cc2cc(F)c(F)c(F)c2[nH]1. The molecular formula is C28H26F3N5O3. The lowest BCUT2D eigenvalue weighted by molar-refractivity contribution is -0.136. The van der Waals surface area contributed by atoms with Crippen molar-refractivity contribution in [3.63, 3.8) is 0 Å². The van der Waals surface area contributed by atoms with E-state index in [1.807, 2.05) is 13.8 Å². The summed E-state index contributed by atoms with van der Waals surface area (Å²) in [5.41, 5.74) is -0.250. The van der Waals surface area contributed by atoms with Crippen molar-refractivity contribution in [2.24, 2.45) is 5.92 Å². The third-order valence-electron chi connectivity index (χ3n) is 7.67. The minimum Gasteiger partial charge on any atom is -0.348 e. The number of rotatable bonds is 5. The van der Waals surface area contributed by atoms with Gasteiger partial charge in [0.05, 0.1) is 17.0 Å². The first-order valence-electron chi connectivity index (χ1n) is 12.5. The van der Waals surface area contributed by atoms with Crippen LogP contribution in [0.3, 0.4) is 0 Å². The largest absolute Gasteiger partial charge is 0.348 e. The van der Waals surface area contributed by atoms with E-state index in [0.717, 1.165) is 11.6 Å². The Morgan fingerprint density at radius 3 is 2.62 bits per heavy atom. The Kier molecular flexibility index (Phi) is 6.37. The number of fused-ring (bicyclic) bond motifs is 3. The molecular weight excluding hydrogens is 511 g/mol. The van der Waals surface area contributed by atoms with E-state index < -0.39 is 46.8 Å². The van der Waals surface area contributed by atoms with Crippen LogP contribution in [0.25, 0.3) is 10.9 Å². The van der Waals surface area contributed by atoms with E-state index in [9.17, 15) is 32.8 Å². The predicted molar refractivity (Wildman–Crippen MR) is 136 cm³/mol. The Labute approximate surface area is 222 Å². The zero-order valence-corrected chi connectivity index (χ0v) is 21.5. The van der Waals surface area contributed by atoms with Crippen molar-refractivity contribution in [3.05, 3.63) is 65.1 Å². The second kappa shape index (κ2) is 9.45. The normalized spacial score (nSPS) is 20.8. The number of amides is 3. The lowest BCUT2D eigenvalue weighted by Gasteiger charge is -2.33. The Balaban J connectivity index is 1.47. The minimum atomic E-state index is -1.66. The number of carbonyl (C=O) groups excluding carboxylic acids is 3. The average Bonchev–Trinajstić information content (AvgIpc) is 3.59. The van der Waals surface area contributed by atoms with Gasteiger partial charge in [0.15, 0.2) is 17.5 Å². The highest BCUT2D eigenvalue weighted by Crippen LogP contribution is 2.46. The number of anilines is 1. The molecule has 8 nitrogen and oxygen atoms in total. The van der Waals surface area contributed by atoms with Crippen molar-refractivity contribution in [2.75, 3.05) is 18.9 Å². The monoisotopic (exact) mass is 537 g/mol. The standard InChI is InChI=1S/C28H26F3N5O3/c1-14(2)8-21(35(3)25(37)20-10-15-9-18(29)22(30)23(31)24(15)33-20)26(38)36-13-28(11-16(36)12-32)17-6-4-5-7-19(17)34-27(28)39/h4-7,9-10,14,16,21,33H,8,11,13H2,1-3H3,(H,34,39)/t16-,21-,28-/m0/s1. The van der Waals surface area contributed by atoms with Gasteiger partial charge in [-0.25, -0.2) is 13.2 Å². The number of benzene rings is 2. The first-order chi connectivity index (χ1) is 18.5. The molecule has 2 aromatic carbocycles. The highest BCUT2D eigenvalue weighted by Gasteiger charge is 2.56. The first kappa shape index (κ1) is 26.3. The van der Waals surface area contributed by atoms with Gasteiger partial charge >= 0.3 is 0 Å². The number of para-hydroxylation sites is 1. The molecule has 2 aliphatic rings. The maximum Gasteiger partial charge on any atom is 0.270 e. The van der Waals surface area contributed by atoms with Gasteiger partial charge in [-0.05, 0) is 36.1 Å². The van der Waals surface area contributed by atoms with E-state index in [1.165, 1.54) is 22.9 Å². The van der Waals surface area contributed by atoms with Crippen LogP contribution in [-0.4, -0.2) is 58.2 Å². The molecule has 3 aromatic rings. The molecule has 0 radical (unpaired) electrons. The first-order valence-corrected chi connectivity index (χ1v) is 12.5. The van der Waals surface area contributed by atoms with Crippen LogP contribution in [0.4, 0.5) is 18.9 Å². The van der Waals surface area contributed by atoms with Crippen LogP contribution in [0.2, 0.25) is 0 Å². The molecule has 0 bridgehead atoms. The quantitative estimate of drug-likeness (QED) is 0.478. The lowest BCUT2D eigenvalue weighted by Crippen LogP contribution is -2.52. The number of hydrogen-bond acceptors (Lipinski definition) is 4. The van der Waals surface area contributed by atoms with Crippen molar-refractivity contribution in [1.82, 2.24) is 14.8 Å². The Morgan fingerprint density at radius 1 is 1.21 bits per heavy atom. The number of likely N-dealkylation sites (N-methyl/N-ethyl adjacent to an activating group) is 1. The van der Waals surface area contributed by atoms with E-state index in [4.69, 9.17) is 0 Å². The van der Waals surface area contributed by atoms with Gasteiger partial charge in [-0.1, -0.05) is 32.0 Å². The minimum absolute atomic E-state index is 0.0281. The number of carbonyl (C=O) groups is 3. The van der Waals surface area contributed by atoms with Gasteiger partial charge in [-0.2, -0.15) is 5.26 Å². The summed E-state index contributed by atoms with van der Waals surface area (Å²) in [5, 5.41) is 12.8. The van der Waals surface area contributed by atoms with E-state index in [-0.39, 0.29) is 47.8 Å². The van der Waals surface area contributed by atoms with Crippen LogP contribution >= 0.6 is 0 Å². The molecule has 0 aliphatic carbocycles. The molecule has 39 heavy (non-hydrogen) atoms. The topological polar surface area (TPSA) is 109 Å². The Hall–Kier alpha value is -4.33. The highest BCUT2D eigenvalue weighted by molar-refractivity contribution is 6.07. The third kappa shape index (κ3) is 4.11. The molecule has 2 aliphatic heterocycles. The molecule has 11 heteroatoms. The van der Waals surface area contributed by atoms with Gasteiger partial charge in [-0.3, -0.25) is 14.4 Å². The van der Waals surface area contributed by atoms with Gasteiger partial charge in [-0.15, -0.1) is 0 Å².